The number of amides is 2. The molecule has 6 nitrogen and oxygen atoms in total. The Hall–Kier alpha value is -3.32. The van der Waals surface area contributed by atoms with Crippen LogP contribution in [0, 0.1) is 0 Å². The summed E-state index contributed by atoms with van der Waals surface area (Å²) in [5.74, 6) is 0.946. The van der Waals surface area contributed by atoms with Gasteiger partial charge in [-0.3, -0.25) is 9.59 Å². The van der Waals surface area contributed by atoms with E-state index in [4.69, 9.17) is 9.47 Å². The number of nitrogens with zero attached hydrogens (tertiary/aromatic N) is 1. The number of thiophene rings is 1. The normalized spacial score (nSPS) is 13.7. The summed E-state index contributed by atoms with van der Waals surface area (Å²) in [7, 11) is 3.12. The molecule has 7 heteroatoms. The zero-order chi connectivity index (χ0) is 21.1. The van der Waals surface area contributed by atoms with Crippen molar-refractivity contribution in [3.05, 3.63) is 76.0 Å². The van der Waals surface area contributed by atoms with E-state index in [0.29, 0.717) is 29.3 Å². The monoisotopic (exact) mass is 422 g/mol. The van der Waals surface area contributed by atoms with Crippen molar-refractivity contribution in [2.75, 3.05) is 19.5 Å². The summed E-state index contributed by atoms with van der Waals surface area (Å²) < 4.78 is 10.5. The molecule has 2 heterocycles. The van der Waals surface area contributed by atoms with Gasteiger partial charge in [-0.25, -0.2) is 0 Å². The highest BCUT2D eigenvalue weighted by molar-refractivity contribution is 7.10. The Balaban J connectivity index is 1.55. The molecule has 1 N–H and O–H groups in total. The van der Waals surface area contributed by atoms with Gasteiger partial charge in [0.15, 0.2) is 0 Å². The smallest absolute Gasteiger partial charge is 0.255 e. The number of anilines is 1. The van der Waals surface area contributed by atoms with Crippen LogP contribution in [-0.4, -0.2) is 30.9 Å². The van der Waals surface area contributed by atoms with E-state index in [9.17, 15) is 9.59 Å². The molecule has 3 aromatic rings. The van der Waals surface area contributed by atoms with Gasteiger partial charge in [-0.15, -0.1) is 11.3 Å². The molecule has 0 bridgehead atoms. The van der Waals surface area contributed by atoms with Crippen LogP contribution < -0.4 is 14.8 Å². The minimum absolute atomic E-state index is 0.0418. The fourth-order valence-corrected chi connectivity index (χ4v) is 4.48. The van der Waals surface area contributed by atoms with E-state index >= 15 is 0 Å². The van der Waals surface area contributed by atoms with Gasteiger partial charge >= 0.3 is 0 Å². The number of carbonyl (C=O) groups is 2. The standard InChI is InChI=1S/C23H22N2O4S/c1-28-17-10-16(11-18(12-17)29-2)24-22(26)13-20(21-8-5-9-30-21)25-14-15-6-3-4-7-19(15)23(25)27/h3-12,20H,13-14H2,1-2H3,(H,24,26)/t20-/m0/s1. The molecule has 1 atom stereocenters. The summed E-state index contributed by atoms with van der Waals surface area (Å²) in [6.45, 7) is 0.498. The zero-order valence-electron chi connectivity index (χ0n) is 16.8. The first-order valence-electron chi connectivity index (χ1n) is 9.54. The van der Waals surface area contributed by atoms with Crippen molar-refractivity contribution in [3.8, 4) is 11.5 Å². The summed E-state index contributed by atoms with van der Waals surface area (Å²) >= 11 is 1.55. The molecule has 0 spiro atoms. The molecular formula is C23H22N2O4S. The van der Waals surface area contributed by atoms with Gasteiger partial charge in [0.05, 0.1) is 26.7 Å². The number of nitrogens with one attached hydrogen (secondary N) is 1. The van der Waals surface area contributed by atoms with E-state index in [1.165, 1.54) is 0 Å². The molecule has 1 aromatic heterocycles. The highest BCUT2D eigenvalue weighted by Gasteiger charge is 2.34. The van der Waals surface area contributed by atoms with Crippen LogP contribution in [0.25, 0.3) is 0 Å². The van der Waals surface area contributed by atoms with Crippen molar-refractivity contribution < 1.29 is 19.1 Å². The van der Waals surface area contributed by atoms with E-state index in [1.807, 2.05) is 41.8 Å². The second-order valence-corrected chi connectivity index (χ2v) is 7.95. The third kappa shape index (κ3) is 4.02. The van der Waals surface area contributed by atoms with Crippen LogP contribution in [0.4, 0.5) is 5.69 Å². The maximum atomic E-state index is 13.0. The van der Waals surface area contributed by atoms with Crippen molar-refractivity contribution in [2.24, 2.45) is 0 Å². The highest BCUT2D eigenvalue weighted by Crippen LogP contribution is 2.36. The van der Waals surface area contributed by atoms with Crippen LogP contribution in [0.1, 0.15) is 33.3 Å². The molecule has 0 saturated heterocycles. The molecule has 0 saturated carbocycles. The van der Waals surface area contributed by atoms with Crippen molar-refractivity contribution >= 4 is 28.8 Å². The minimum atomic E-state index is -0.336. The molecule has 0 fully saturated rings. The number of rotatable bonds is 7. The Morgan fingerprint density at radius 1 is 1.10 bits per heavy atom. The summed E-state index contributed by atoms with van der Waals surface area (Å²) in [6.07, 6.45) is 0.153. The Labute approximate surface area is 179 Å². The van der Waals surface area contributed by atoms with Crippen molar-refractivity contribution in [1.82, 2.24) is 4.90 Å². The molecule has 2 amide bonds. The lowest BCUT2D eigenvalue weighted by atomic mass is 10.1. The third-order valence-corrected chi connectivity index (χ3v) is 6.08. The Morgan fingerprint density at radius 3 is 2.47 bits per heavy atom. The number of benzene rings is 2. The molecule has 4 rings (SSSR count). The molecular weight excluding hydrogens is 400 g/mol. The topological polar surface area (TPSA) is 67.9 Å². The van der Waals surface area contributed by atoms with Gasteiger partial charge in [0.25, 0.3) is 5.91 Å². The Morgan fingerprint density at radius 2 is 1.83 bits per heavy atom. The van der Waals surface area contributed by atoms with Gasteiger partial charge in [0, 0.05) is 40.9 Å². The number of hydrogen-bond donors (Lipinski definition) is 1. The summed E-state index contributed by atoms with van der Waals surface area (Å²) in [5, 5.41) is 4.87. The number of ether oxygens (including phenoxy) is 2. The van der Waals surface area contributed by atoms with Crippen LogP contribution in [0.2, 0.25) is 0 Å². The molecule has 2 aromatic carbocycles. The van der Waals surface area contributed by atoms with Gasteiger partial charge in [0.2, 0.25) is 5.91 Å². The molecule has 30 heavy (non-hydrogen) atoms. The van der Waals surface area contributed by atoms with Gasteiger partial charge in [-0.05, 0) is 23.1 Å². The average molecular weight is 423 g/mol. The van der Waals surface area contributed by atoms with Crippen LogP contribution in [-0.2, 0) is 11.3 Å². The fraction of sp³-hybridized carbons (Fsp3) is 0.217. The van der Waals surface area contributed by atoms with Crippen molar-refractivity contribution in [3.63, 3.8) is 0 Å². The zero-order valence-corrected chi connectivity index (χ0v) is 17.6. The van der Waals surface area contributed by atoms with Crippen LogP contribution in [0.15, 0.2) is 60.0 Å². The predicted molar refractivity (Wildman–Crippen MR) is 116 cm³/mol. The van der Waals surface area contributed by atoms with Gasteiger partial charge < -0.3 is 19.7 Å². The first-order valence-corrected chi connectivity index (χ1v) is 10.4. The summed E-state index contributed by atoms with van der Waals surface area (Å²) in [6, 6.07) is 16.4. The van der Waals surface area contributed by atoms with Crippen molar-refractivity contribution in [1.29, 1.82) is 0 Å². The first kappa shape index (κ1) is 20.0. The van der Waals surface area contributed by atoms with Gasteiger partial charge in [-0.1, -0.05) is 24.3 Å². The summed E-state index contributed by atoms with van der Waals surface area (Å²) in [4.78, 5) is 28.7. The van der Waals surface area contributed by atoms with E-state index < -0.39 is 0 Å². The first-order chi connectivity index (χ1) is 14.6. The van der Waals surface area contributed by atoms with Crippen LogP contribution in [0.3, 0.4) is 0 Å². The molecule has 0 aliphatic carbocycles. The SMILES string of the molecule is COc1cc(NC(=O)C[C@@H](c2cccs2)N2Cc3ccccc3C2=O)cc(OC)c1. The largest absolute Gasteiger partial charge is 0.497 e. The van der Waals surface area contributed by atoms with Crippen molar-refractivity contribution in [2.45, 2.75) is 19.0 Å². The lowest BCUT2D eigenvalue weighted by Gasteiger charge is -2.26. The third-order valence-electron chi connectivity index (χ3n) is 5.11. The van der Waals surface area contributed by atoms with Gasteiger partial charge in [0.1, 0.15) is 11.5 Å². The quantitative estimate of drug-likeness (QED) is 0.609. The number of fused-ring (bicyclic) bond motifs is 1. The second kappa shape index (κ2) is 8.59. The minimum Gasteiger partial charge on any atom is -0.497 e. The molecule has 1 aliphatic heterocycles. The maximum absolute atomic E-state index is 13.0. The Kier molecular flexibility index (Phi) is 5.72. The van der Waals surface area contributed by atoms with Gasteiger partial charge in [-0.2, -0.15) is 0 Å². The van der Waals surface area contributed by atoms with E-state index in [1.54, 1.807) is 48.7 Å². The molecule has 0 radical (unpaired) electrons. The second-order valence-electron chi connectivity index (χ2n) is 6.98. The number of carbonyl (C=O) groups excluding carboxylic acids is 2. The fourth-order valence-electron chi connectivity index (χ4n) is 3.64. The van der Waals surface area contributed by atoms with Crippen LogP contribution in [0.5, 0.6) is 11.5 Å². The van der Waals surface area contributed by atoms with E-state index in [0.717, 1.165) is 10.4 Å². The summed E-state index contributed by atoms with van der Waals surface area (Å²) in [5.41, 5.74) is 2.27. The van der Waals surface area contributed by atoms with E-state index in [2.05, 4.69) is 5.32 Å². The Bertz CT molecular complexity index is 1040. The average Bonchev–Trinajstić information content (AvgIpc) is 3.40. The number of hydrogen-bond acceptors (Lipinski definition) is 5. The highest BCUT2D eigenvalue weighted by atomic mass is 32.1. The maximum Gasteiger partial charge on any atom is 0.255 e. The van der Waals surface area contributed by atoms with Crippen LogP contribution >= 0.6 is 11.3 Å². The molecule has 0 unspecified atom stereocenters. The lowest BCUT2D eigenvalue weighted by molar-refractivity contribution is -0.117. The number of methoxy groups -OCH3 is 2. The lowest BCUT2D eigenvalue weighted by Crippen LogP contribution is -2.31. The predicted octanol–water partition coefficient (Wildman–Crippen LogP) is 4.49. The molecule has 1 aliphatic rings. The van der Waals surface area contributed by atoms with E-state index in [-0.39, 0.29) is 24.3 Å². The molecule has 154 valence electrons.